The highest BCUT2D eigenvalue weighted by Gasteiger charge is 2.16. The monoisotopic (exact) mass is 558 g/mol. The molecule has 0 unspecified atom stereocenters. The summed E-state index contributed by atoms with van der Waals surface area (Å²) in [6.07, 6.45) is 10.3. The number of unbranched alkanes of at least 4 members (excludes halogenated alkanes) is 7. The van der Waals surface area contributed by atoms with Gasteiger partial charge in [-0.1, -0.05) is 148 Å². The number of carbonyl (C=O) groups excluding carboxylic acids is 1. The normalized spacial score (nSPS) is 10.6. The molecule has 0 aromatic heterocycles. The summed E-state index contributed by atoms with van der Waals surface area (Å²) in [5.41, 5.74) is 7.15. The van der Waals surface area contributed by atoms with Crippen LogP contribution in [-0.4, -0.2) is 19.2 Å². The van der Waals surface area contributed by atoms with Crippen LogP contribution in [0.25, 0.3) is 11.1 Å². The van der Waals surface area contributed by atoms with Crippen LogP contribution in [0.1, 0.15) is 73.6 Å². The van der Waals surface area contributed by atoms with Crippen molar-refractivity contribution < 1.29 is 14.3 Å². The molecule has 0 saturated heterocycles. The summed E-state index contributed by atoms with van der Waals surface area (Å²) in [6, 6.07) is 40.5. The lowest BCUT2D eigenvalue weighted by Gasteiger charge is -2.18. The van der Waals surface area contributed by atoms with Crippen molar-refractivity contribution in [2.45, 2.75) is 51.4 Å². The maximum Gasteiger partial charge on any atom is 0.330 e. The third-order valence-corrected chi connectivity index (χ3v) is 7.30. The summed E-state index contributed by atoms with van der Waals surface area (Å²) < 4.78 is 11.1. The van der Waals surface area contributed by atoms with Crippen molar-refractivity contribution in [3.8, 4) is 5.75 Å². The number of carbonyl (C=O) groups is 1. The van der Waals surface area contributed by atoms with Crippen LogP contribution in [0.5, 0.6) is 5.75 Å². The van der Waals surface area contributed by atoms with E-state index in [1.807, 2.05) is 0 Å². The van der Waals surface area contributed by atoms with Gasteiger partial charge in [0.1, 0.15) is 5.75 Å². The Balaban J connectivity index is 1.33. The van der Waals surface area contributed by atoms with E-state index in [0.29, 0.717) is 6.61 Å². The quantitative estimate of drug-likeness (QED) is 0.0560. The van der Waals surface area contributed by atoms with E-state index < -0.39 is 0 Å². The molecular weight excluding hydrogens is 516 g/mol. The molecule has 0 radical (unpaired) electrons. The fourth-order valence-electron chi connectivity index (χ4n) is 5.13. The number of benzene rings is 4. The lowest BCUT2D eigenvalue weighted by Crippen LogP contribution is -2.01. The molecule has 3 heteroatoms. The van der Waals surface area contributed by atoms with E-state index >= 15 is 0 Å². The molecule has 0 N–H and O–H groups in total. The second kappa shape index (κ2) is 17.4. The maximum absolute atomic E-state index is 11.0. The van der Waals surface area contributed by atoms with Gasteiger partial charge >= 0.3 is 5.97 Å². The molecule has 216 valence electrons. The molecule has 0 aliphatic rings. The van der Waals surface area contributed by atoms with E-state index in [4.69, 9.17) is 9.47 Å². The Morgan fingerprint density at radius 2 is 0.881 bits per heavy atom. The van der Waals surface area contributed by atoms with Crippen molar-refractivity contribution in [1.29, 1.82) is 0 Å². The average Bonchev–Trinajstić information content (AvgIpc) is 3.05. The van der Waals surface area contributed by atoms with Gasteiger partial charge in [-0.05, 0) is 58.4 Å². The fraction of sp³-hybridized carbons (Fsp3) is 0.256. The smallest absolute Gasteiger partial charge is 0.330 e. The van der Waals surface area contributed by atoms with Gasteiger partial charge in [0.05, 0.1) is 13.2 Å². The zero-order valence-electron chi connectivity index (χ0n) is 24.5. The van der Waals surface area contributed by atoms with E-state index in [-0.39, 0.29) is 5.97 Å². The Hall–Kier alpha value is -4.37. The number of hydrogen-bond donors (Lipinski definition) is 0. The largest absolute Gasteiger partial charge is 0.494 e. The van der Waals surface area contributed by atoms with Gasteiger partial charge in [-0.25, -0.2) is 4.79 Å². The average molecular weight is 559 g/mol. The van der Waals surface area contributed by atoms with Crippen LogP contribution < -0.4 is 4.74 Å². The van der Waals surface area contributed by atoms with Gasteiger partial charge in [-0.15, -0.1) is 0 Å². The molecule has 0 saturated carbocycles. The SMILES string of the molecule is C=CC(=O)OCCCCCCCCCCOc1ccc(C(=C(c2ccccc2)c2ccccc2)c2ccccc2)cc1. The van der Waals surface area contributed by atoms with Crippen molar-refractivity contribution in [1.82, 2.24) is 0 Å². The molecule has 0 amide bonds. The molecule has 0 spiro atoms. The maximum atomic E-state index is 11.0. The zero-order chi connectivity index (χ0) is 29.2. The summed E-state index contributed by atoms with van der Waals surface area (Å²) in [5.74, 6) is 0.575. The first kappa shape index (κ1) is 30.6. The van der Waals surface area contributed by atoms with Gasteiger partial charge in [0.15, 0.2) is 0 Å². The molecule has 4 aromatic rings. The molecule has 4 aromatic carbocycles. The number of rotatable bonds is 17. The molecule has 0 fully saturated rings. The minimum atomic E-state index is -0.331. The topological polar surface area (TPSA) is 35.5 Å². The fourth-order valence-corrected chi connectivity index (χ4v) is 5.13. The number of ether oxygens (including phenoxy) is 2. The summed E-state index contributed by atoms with van der Waals surface area (Å²) in [7, 11) is 0. The Morgan fingerprint density at radius 1 is 0.500 bits per heavy atom. The summed E-state index contributed by atoms with van der Waals surface area (Å²) >= 11 is 0. The lowest BCUT2D eigenvalue weighted by atomic mass is 9.86. The first-order valence-electron chi connectivity index (χ1n) is 15.2. The Morgan fingerprint density at radius 3 is 1.31 bits per heavy atom. The van der Waals surface area contributed by atoms with Crippen LogP contribution in [-0.2, 0) is 9.53 Å². The predicted octanol–water partition coefficient (Wildman–Crippen LogP) is 9.92. The first-order valence-corrected chi connectivity index (χ1v) is 15.2. The molecule has 0 bridgehead atoms. The van der Waals surface area contributed by atoms with E-state index in [2.05, 4.69) is 122 Å². The van der Waals surface area contributed by atoms with Gasteiger partial charge in [0, 0.05) is 6.08 Å². The van der Waals surface area contributed by atoms with Crippen molar-refractivity contribution in [2.75, 3.05) is 13.2 Å². The van der Waals surface area contributed by atoms with Gasteiger partial charge < -0.3 is 9.47 Å². The standard InChI is InChI=1S/C39H42O3/c1-2-37(40)42-31-19-8-6-4-3-5-7-18-30-41-36-28-26-35(27-29-36)39(34-24-16-11-17-25-34)38(32-20-12-9-13-21-32)33-22-14-10-15-23-33/h2,9-17,20-29H,1,3-8,18-19,30-31H2. The van der Waals surface area contributed by atoms with Gasteiger partial charge in [0.2, 0.25) is 0 Å². The van der Waals surface area contributed by atoms with Crippen LogP contribution in [0.3, 0.4) is 0 Å². The van der Waals surface area contributed by atoms with Gasteiger partial charge in [-0.3, -0.25) is 0 Å². The summed E-state index contributed by atoms with van der Waals surface area (Å²) in [5, 5.41) is 0. The van der Waals surface area contributed by atoms with E-state index in [1.54, 1.807) is 0 Å². The van der Waals surface area contributed by atoms with Gasteiger partial charge in [0.25, 0.3) is 0 Å². The Kier molecular flexibility index (Phi) is 12.7. The zero-order valence-corrected chi connectivity index (χ0v) is 24.5. The van der Waals surface area contributed by atoms with Gasteiger partial charge in [-0.2, -0.15) is 0 Å². The minimum absolute atomic E-state index is 0.331. The van der Waals surface area contributed by atoms with Crippen LogP contribution in [0.15, 0.2) is 128 Å². The highest BCUT2D eigenvalue weighted by atomic mass is 16.5. The molecule has 42 heavy (non-hydrogen) atoms. The molecule has 0 atom stereocenters. The Labute approximate surface area is 251 Å². The third-order valence-electron chi connectivity index (χ3n) is 7.30. The van der Waals surface area contributed by atoms with Crippen LogP contribution >= 0.6 is 0 Å². The minimum Gasteiger partial charge on any atom is -0.494 e. The first-order chi connectivity index (χ1) is 20.8. The van der Waals surface area contributed by atoms with Crippen molar-refractivity contribution in [2.24, 2.45) is 0 Å². The van der Waals surface area contributed by atoms with E-state index in [0.717, 1.165) is 37.2 Å². The molecular formula is C39H42O3. The second-order valence-electron chi connectivity index (χ2n) is 10.4. The van der Waals surface area contributed by atoms with Crippen LogP contribution in [0, 0.1) is 0 Å². The number of hydrogen-bond acceptors (Lipinski definition) is 3. The van der Waals surface area contributed by atoms with Crippen molar-refractivity contribution in [3.05, 3.63) is 150 Å². The van der Waals surface area contributed by atoms with Crippen LogP contribution in [0.2, 0.25) is 0 Å². The molecule has 4 rings (SSSR count). The molecule has 0 aliphatic heterocycles. The molecule has 3 nitrogen and oxygen atoms in total. The predicted molar refractivity (Wildman–Crippen MR) is 174 cm³/mol. The third kappa shape index (κ3) is 9.62. The van der Waals surface area contributed by atoms with E-state index in [9.17, 15) is 4.79 Å². The van der Waals surface area contributed by atoms with Crippen LogP contribution in [0.4, 0.5) is 0 Å². The lowest BCUT2D eigenvalue weighted by molar-refractivity contribution is -0.137. The summed E-state index contributed by atoms with van der Waals surface area (Å²) in [6.45, 7) is 4.63. The molecule has 0 heterocycles. The number of esters is 1. The Bertz CT molecular complexity index is 1330. The van der Waals surface area contributed by atoms with Crippen molar-refractivity contribution >= 4 is 17.1 Å². The second-order valence-corrected chi connectivity index (χ2v) is 10.4. The molecule has 0 aliphatic carbocycles. The highest BCUT2D eigenvalue weighted by molar-refractivity contribution is 6.04. The van der Waals surface area contributed by atoms with Crippen molar-refractivity contribution in [3.63, 3.8) is 0 Å². The van der Waals surface area contributed by atoms with E-state index in [1.165, 1.54) is 66.0 Å². The summed E-state index contributed by atoms with van der Waals surface area (Å²) in [4.78, 5) is 11.0. The highest BCUT2D eigenvalue weighted by Crippen LogP contribution is 2.37.